The molecule has 2 aromatic rings. The highest BCUT2D eigenvalue weighted by atomic mass is 19.1. The molecule has 0 spiro atoms. The van der Waals surface area contributed by atoms with Crippen molar-refractivity contribution < 1.29 is 13.5 Å². The molecule has 0 aromatic heterocycles. The van der Waals surface area contributed by atoms with Gasteiger partial charge < -0.3 is 10.1 Å². The van der Waals surface area contributed by atoms with Crippen LogP contribution in [0.1, 0.15) is 24.1 Å². The summed E-state index contributed by atoms with van der Waals surface area (Å²) in [6.45, 7) is 3.52. The van der Waals surface area contributed by atoms with Crippen molar-refractivity contribution >= 4 is 5.69 Å². The Kier molecular flexibility index (Phi) is 4.23. The summed E-state index contributed by atoms with van der Waals surface area (Å²) in [6, 6.07) is 9.24. The van der Waals surface area contributed by atoms with Gasteiger partial charge in [0.05, 0.1) is 13.2 Å². The van der Waals surface area contributed by atoms with Gasteiger partial charge in [-0.2, -0.15) is 0 Å². The Morgan fingerprint density at radius 2 is 1.85 bits per heavy atom. The third-order valence-corrected chi connectivity index (χ3v) is 3.31. The predicted molar refractivity (Wildman–Crippen MR) is 76.1 cm³/mol. The summed E-state index contributed by atoms with van der Waals surface area (Å²) in [5.74, 6) is -0.156. The minimum absolute atomic E-state index is 0.276. The van der Waals surface area contributed by atoms with E-state index in [0.29, 0.717) is 22.6 Å². The molecule has 0 saturated heterocycles. The van der Waals surface area contributed by atoms with Gasteiger partial charge in [-0.25, -0.2) is 8.78 Å². The summed E-state index contributed by atoms with van der Waals surface area (Å²) >= 11 is 0. The molecule has 2 rings (SSSR count). The fourth-order valence-corrected chi connectivity index (χ4v) is 2.06. The number of benzene rings is 2. The molecule has 0 bridgehead atoms. The number of hydrogen-bond acceptors (Lipinski definition) is 2. The van der Waals surface area contributed by atoms with Crippen molar-refractivity contribution in [3.63, 3.8) is 0 Å². The lowest BCUT2D eigenvalue weighted by molar-refractivity contribution is 0.410. The van der Waals surface area contributed by atoms with Crippen molar-refractivity contribution in [1.82, 2.24) is 0 Å². The molecule has 0 saturated carbocycles. The highest BCUT2D eigenvalue weighted by molar-refractivity contribution is 5.52. The van der Waals surface area contributed by atoms with Crippen LogP contribution in [0.25, 0.3) is 0 Å². The van der Waals surface area contributed by atoms with Crippen molar-refractivity contribution in [3.05, 3.63) is 59.2 Å². The highest BCUT2D eigenvalue weighted by Crippen LogP contribution is 2.26. The normalized spacial score (nSPS) is 12.1. The molecule has 0 radical (unpaired) electrons. The van der Waals surface area contributed by atoms with Gasteiger partial charge in [0.25, 0.3) is 0 Å². The van der Waals surface area contributed by atoms with Crippen LogP contribution in [-0.2, 0) is 0 Å². The molecule has 1 unspecified atom stereocenters. The Labute approximate surface area is 117 Å². The molecule has 0 aliphatic rings. The largest absolute Gasteiger partial charge is 0.497 e. The van der Waals surface area contributed by atoms with Crippen molar-refractivity contribution in [2.24, 2.45) is 0 Å². The maximum atomic E-state index is 14.0. The Morgan fingerprint density at radius 3 is 2.50 bits per heavy atom. The standard InChI is InChI=1S/C16H17F2NO/c1-10-14(17)5-4-6-16(10)19-11(2)13-8-7-12(20-3)9-15(13)18/h4-9,11,19H,1-3H3. The van der Waals surface area contributed by atoms with E-state index in [0.717, 1.165) is 0 Å². The Balaban J connectivity index is 2.24. The lowest BCUT2D eigenvalue weighted by Gasteiger charge is -2.18. The van der Waals surface area contributed by atoms with Gasteiger partial charge in [0.15, 0.2) is 0 Å². The monoisotopic (exact) mass is 277 g/mol. The molecule has 20 heavy (non-hydrogen) atoms. The third-order valence-electron chi connectivity index (χ3n) is 3.31. The van der Waals surface area contributed by atoms with Crippen molar-refractivity contribution in [2.45, 2.75) is 19.9 Å². The number of ether oxygens (including phenoxy) is 1. The zero-order chi connectivity index (χ0) is 14.7. The Morgan fingerprint density at radius 1 is 1.10 bits per heavy atom. The molecular weight excluding hydrogens is 260 g/mol. The van der Waals surface area contributed by atoms with Crippen LogP contribution in [0.4, 0.5) is 14.5 Å². The van der Waals surface area contributed by atoms with Crippen LogP contribution < -0.4 is 10.1 Å². The second-order valence-corrected chi connectivity index (χ2v) is 4.67. The SMILES string of the molecule is COc1ccc(C(C)Nc2cccc(F)c2C)c(F)c1. The number of halogens is 2. The van der Waals surface area contributed by atoms with Crippen LogP contribution in [0.5, 0.6) is 5.75 Å². The second kappa shape index (κ2) is 5.90. The Bertz CT molecular complexity index is 613. The topological polar surface area (TPSA) is 21.3 Å². The zero-order valence-corrected chi connectivity index (χ0v) is 11.7. The number of rotatable bonds is 4. The lowest BCUT2D eigenvalue weighted by atomic mass is 10.1. The summed E-state index contributed by atoms with van der Waals surface area (Å²) in [4.78, 5) is 0. The summed E-state index contributed by atoms with van der Waals surface area (Å²) in [6.07, 6.45) is 0. The molecule has 2 nitrogen and oxygen atoms in total. The maximum absolute atomic E-state index is 14.0. The molecule has 106 valence electrons. The molecular formula is C16H17F2NO. The van der Waals surface area contributed by atoms with Crippen LogP contribution in [0, 0.1) is 18.6 Å². The molecule has 0 heterocycles. The molecule has 0 amide bonds. The summed E-state index contributed by atoms with van der Waals surface area (Å²) in [5, 5.41) is 3.12. The van der Waals surface area contributed by atoms with E-state index >= 15 is 0 Å². The van der Waals surface area contributed by atoms with E-state index in [9.17, 15) is 8.78 Å². The van der Waals surface area contributed by atoms with E-state index in [4.69, 9.17) is 4.74 Å². The smallest absolute Gasteiger partial charge is 0.132 e. The predicted octanol–water partition coefficient (Wildman–Crippen LogP) is 4.45. The van der Waals surface area contributed by atoms with E-state index in [1.807, 2.05) is 6.92 Å². The quantitative estimate of drug-likeness (QED) is 0.891. The van der Waals surface area contributed by atoms with Crippen LogP contribution in [-0.4, -0.2) is 7.11 Å². The van der Waals surface area contributed by atoms with Gasteiger partial charge >= 0.3 is 0 Å². The average molecular weight is 277 g/mol. The first kappa shape index (κ1) is 14.3. The first-order valence-corrected chi connectivity index (χ1v) is 6.38. The van der Waals surface area contributed by atoms with Gasteiger partial charge in [0.1, 0.15) is 17.4 Å². The molecule has 2 aromatic carbocycles. The second-order valence-electron chi connectivity index (χ2n) is 4.67. The van der Waals surface area contributed by atoms with E-state index in [1.165, 1.54) is 19.2 Å². The van der Waals surface area contributed by atoms with Crippen molar-refractivity contribution in [2.75, 3.05) is 12.4 Å². The van der Waals surface area contributed by atoms with Gasteiger partial charge in [-0.1, -0.05) is 12.1 Å². The van der Waals surface area contributed by atoms with Crippen molar-refractivity contribution in [3.8, 4) is 5.75 Å². The van der Waals surface area contributed by atoms with Gasteiger partial charge in [-0.05, 0) is 32.0 Å². The van der Waals surface area contributed by atoms with E-state index in [2.05, 4.69) is 5.32 Å². The maximum Gasteiger partial charge on any atom is 0.132 e. The van der Waals surface area contributed by atoms with Gasteiger partial charge in [-0.15, -0.1) is 0 Å². The zero-order valence-electron chi connectivity index (χ0n) is 11.7. The van der Waals surface area contributed by atoms with Crippen LogP contribution in [0.2, 0.25) is 0 Å². The van der Waals surface area contributed by atoms with Crippen LogP contribution >= 0.6 is 0 Å². The average Bonchev–Trinajstić information content (AvgIpc) is 2.43. The van der Waals surface area contributed by atoms with Gasteiger partial charge in [-0.3, -0.25) is 0 Å². The number of anilines is 1. The van der Waals surface area contributed by atoms with Gasteiger partial charge in [0, 0.05) is 22.9 Å². The number of hydrogen-bond donors (Lipinski definition) is 1. The molecule has 0 fully saturated rings. The number of methoxy groups -OCH3 is 1. The lowest BCUT2D eigenvalue weighted by Crippen LogP contribution is -2.10. The summed E-state index contributed by atoms with van der Waals surface area (Å²) in [5.41, 5.74) is 1.69. The summed E-state index contributed by atoms with van der Waals surface area (Å²) in [7, 11) is 1.49. The fourth-order valence-electron chi connectivity index (χ4n) is 2.06. The van der Waals surface area contributed by atoms with E-state index in [-0.39, 0.29) is 17.7 Å². The van der Waals surface area contributed by atoms with E-state index < -0.39 is 0 Å². The first-order chi connectivity index (χ1) is 9.52. The fraction of sp³-hybridized carbons (Fsp3) is 0.250. The minimum Gasteiger partial charge on any atom is -0.497 e. The summed E-state index contributed by atoms with van der Waals surface area (Å²) < 4.78 is 32.4. The first-order valence-electron chi connectivity index (χ1n) is 6.38. The Hall–Kier alpha value is -2.10. The number of nitrogens with one attached hydrogen (secondary N) is 1. The molecule has 1 atom stereocenters. The highest BCUT2D eigenvalue weighted by Gasteiger charge is 2.13. The molecule has 0 aliphatic carbocycles. The molecule has 1 N–H and O–H groups in total. The molecule has 0 aliphatic heterocycles. The third kappa shape index (κ3) is 2.90. The van der Waals surface area contributed by atoms with Crippen molar-refractivity contribution in [1.29, 1.82) is 0 Å². The van der Waals surface area contributed by atoms with Crippen LogP contribution in [0.3, 0.4) is 0 Å². The minimum atomic E-state index is -0.349. The van der Waals surface area contributed by atoms with Gasteiger partial charge in [0.2, 0.25) is 0 Å². The molecule has 4 heteroatoms. The van der Waals surface area contributed by atoms with Crippen LogP contribution in [0.15, 0.2) is 36.4 Å². The van der Waals surface area contributed by atoms with E-state index in [1.54, 1.807) is 31.2 Å².